The van der Waals surface area contributed by atoms with Crippen LogP contribution in [0.15, 0.2) is 22.7 Å². The van der Waals surface area contributed by atoms with Gasteiger partial charge >= 0.3 is 0 Å². The monoisotopic (exact) mass is 295 g/mol. The Morgan fingerprint density at radius 3 is 2.76 bits per heavy atom. The summed E-state index contributed by atoms with van der Waals surface area (Å²) < 4.78 is 0.986. The number of amides is 1. The summed E-state index contributed by atoms with van der Waals surface area (Å²) in [7, 11) is 0. The number of nitrogens with one attached hydrogen (secondary N) is 1. The summed E-state index contributed by atoms with van der Waals surface area (Å²) >= 11 is 3.45. The minimum Gasteiger partial charge on any atom is -0.351 e. The van der Waals surface area contributed by atoms with Crippen LogP contribution in [0, 0.1) is 12.3 Å². The van der Waals surface area contributed by atoms with Gasteiger partial charge in [-0.15, -0.1) is 0 Å². The number of hydrogen-bond acceptors (Lipinski definition) is 1. The van der Waals surface area contributed by atoms with Gasteiger partial charge in [0.05, 0.1) is 0 Å². The third-order valence-corrected chi connectivity index (χ3v) is 4.61. The predicted octanol–water partition coefficient (Wildman–Crippen LogP) is 3.68. The Balaban J connectivity index is 2.02. The first kappa shape index (κ1) is 12.6. The van der Waals surface area contributed by atoms with E-state index in [4.69, 9.17) is 0 Å². The van der Waals surface area contributed by atoms with Gasteiger partial charge in [-0.3, -0.25) is 4.79 Å². The summed E-state index contributed by atoms with van der Waals surface area (Å²) in [4.78, 5) is 12.1. The molecule has 0 unspecified atom stereocenters. The second-order valence-corrected chi connectivity index (χ2v) is 6.11. The van der Waals surface area contributed by atoms with Crippen LogP contribution in [-0.2, 0) is 0 Å². The van der Waals surface area contributed by atoms with Crippen molar-refractivity contribution < 1.29 is 4.79 Å². The van der Waals surface area contributed by atoms with E-state index in [2.05, 4.69) is 28.2 Å². The second-order valence-electron chi connectivity index (χ2n) is 5.26. The fraction of sp³-hybridized carbons (Fsp3) is 0.500. The van der Waals surface area contributed by atoms with Gasteiger partial charge in [0.2, 0.25) is 0 Å². The number of benzene rings is 1. The Morgan fingerprint density at radius 2 is 2.18 bits per heavy atom. The topological polar surface area (TPSA) is 29.1 Å². The van der Waals surface area contributed by atoms with Crippen molar-refractivity contribution in [2.24, 2.45) is 5.41 Å². The minimum absolute atomic E-state index is 0.0388. The lowest BCUT2D eigenvalue weighted by Gasteiger charge is -2.38. The molecule has 92 valence electrons. The van der Waals surface area contributed by atoms with Crippen LogP contribution in [0.2, 0.25) is 0 Å². The lowest BCUT2D eigenvalue weighted by Crippen LogP contribution is -2.40. The Kier molecular flexibility index (Phi) is 3.57. The molecule has 1 aliphatic carbocycles. The van der Waals surface area contributed by atoms with Crippen LogP contribution in [0.25, 0.3) is 0 Å². The number of carbonyl (C=O) groups excluding carboxylic acids is 1. The van der Waals surface area contributed by atoms with Crippen molar-refractivity contribution in [3.8, 4) is 0 Å². The highest BCUT2D eigenvalue weighted by atomic mass is 79.9. The van der Waals surface area contributed by atoms with Gasteiger partial charge in [0.1, 0.15) is 0 Å². The van der Waals surface area contributed by atoms with Crippen LogP contribution < -0.4 is 5.32 Å². The summed E-state index contributed by atoms with van der Waals surface area (Å²) in [6.45, 7) is 4.99. The van der Waals surface area contributed by atoms with E-state index < -0.39 is 0 Å². The predicted molar refractivity (Wildman–Crippen MR) is 73.2 cm³/mol. The third-order valence-electron chi connectivity index (χ3n) is 3.75. The smallest absolute Gasteiger partial charge is 0.251 e. The zero-order valence-electron chi connectivity index (χ0n) is 10.3. The fourth-order valence-electron chi connectivity index (χ4n) is 2.20. The molecule has 1 aliphatic rings. The molecule has 0 saturated heterocycles. The molecule has 0 spiro atoms. The molecule has 1 fully saturated rings. The summed E-state index contributed by atoms with van der Waals surface area (Å²) in [5.41, 5.74) is 2.10. The summed E-state index contributed by atoms with van der Waals surface area (Å²) in [5.74, 6) is 0.0388. The molecule has 1 amide bonds. The van der Waals surface area contributed by atoms with E-state index in [0.717, 1.165) is 22.1 Å². The van der Waals surface area contributed by atoms with E-state index in [1.54, 1.807) is 0 Å². The average Bonchev–Trinajstić information content (AvgIpc) is 2.27. The summed E-state index contributed by atoms with van der Waals surface area (Å²) in [6, 6.07) is 5.73. The molecule has 3 heteroatoms. The largest absolute Gasteiger partial charge is 0.351 e. The van der Waals surface area contributed by atoms with Crippen LogP contribution in [0.4, 0.5) is 0 Å². The van der Waals surface area contributed by atoms with Gasteiger partial charge in [-0.25, -0.2) is 0 Å². The van der Waals surface area contributed by atoms with Crippen LogP contribution in [-0.4, -0.2) is 12.5 Å². The van der Waals surface area contributed by atoms with Crippen molar-refractivity contribution in [1.29, 1.82) is 0 Å². The first-order valence-electron chi connectivity index (χ1n) is 6.05. The van der Waals surface area contributed by atoms with E-state index in [0.29, 0.717) is 5.41 Å². The highest BCUT2D eigenvalue weighted by Gasteiger charge is 2.32. The van der Waals surface area contributed by atoms with Crippen LogP contribution in [0.3, 0.4) is 0 Å². The van der Waals surface area contributed by atoms with Gasteiger partial charge in [-0.1, -0.05) is 35.3 Å². The van der Waals surface area contributed by atoms with E-state index in [9.17, 15) is 4.79 Å². The SMILES string of the molecule is Cc1c(Br)cccc1C(=O)NCC1(C)CCC1. The van der Waals surface area contributed by atoms with E-state index in [-0.39, 0.29) is 5.91 Å². The van der Waals surface area contributed by atoms with Crippen molar-refractivity contribution in [2.45, 2.75) is 33.1 Å². The quantitative estimate of drug-likeness (QED) is 0.906. The molecule has 2 nitrogen and oxygen atoms in total. The fourth-order valence-corrected chi connectivity index (χ4v) is 2.57. The van der Waals surface area contributed by atoms with E-state index in [1.165, 1.54) is 19.3 Å². The maximum atomic E-state index is 12.1. The zero-order chi connectivity index (χ0) is 12.5. The molecule has 0 aliphatic heterocycles. The van der Waals surface area contributed by atoms with Crippen LogP contribution >= 0.6 is 15.9 Å². The maximum absolute atomic E-state index is 12.1. The van der Waals surface area contributed by atoms with Crippen molar-refractivity contribution in [2.75, 3.05) is 6.54 Å². The molecule has 0 heterocycles. The third kappa shape index (κ3) is 2.71. The van der Waals surface area contributed by atoms with Crippen molar-refractivity contribution >= 4 is 21.8 Å². The van der Waals surface area contributed by atoms with Crippen LogP contribution in [0.5, 0.6) is 0 Å². The van der Waals surface area contributed by atoms with Gasteiger partial charge in [-0.05, 0) is 42.9 Å². The maximum Gasteiger partial charge on any atom is 0.251 e. The lowest BCUT2D eigenvalue weighted by atomic mass is 9.70. The Bertz CT molecular complexity index is 438. The first-order chi connectivity index (χ1) is 8.02. The number of hydrogen-bond donors (Lipinski definition) is 1. The van der Waals surface area contributed by atoms with Gasteiger partial charge in [-0.2, -0.15) is 0 Å². The molecular weight excluding hydrogens is 278 g/mol. The molecule has 0 aromatic heterocycles. The average molecular weight is 296 g/mol. The van der Waals surface area contributed by atoms with Gasteiger partial charge in [0.15, 0.2) is 0 Å². The van der Waals surface area contributed by atoms with E-state index in [1.807, 2.05) is 25.1 Å². The molecule has 2 rings (SSSR count). The Hall–Kier alpha value is -0.830. The normalized spacial score (nSPS) is 17.4. The van der Waals surface area contributed by atoms with Gasteiger partial charge in [0.25, 0.3) is 5.91 Å². The molecule has 0 bridgehead atoms. The molecule has 1 aromatic carbocycles. The molecule has 1 N–H and O–H groups in total. The highest BCUT2D eigenvalue weighted by Crippen LogP contribution is 2.39. The number of halogens is 1. The lowest BCUT2D eigenvalue weighted by molar-refractivity contribution is 0.0890. The zero-order valence-corrected chi connectivity index (χ0v) is 11.9. The number of carbonyl (C=O) groups is 1. The summed E-state index contributed by atoms with van der Waals surface area (Å²) in [5, 5.41) is 3.05. The van der Waals surface area contributed by atoms with Crippen LogP contribution in [0.1, 0.15) is 42.1 Å². The van der Waals surface area contributed by atoms with Crippen molar-refractivity contribution in [3.05, 3.63) is 33.8 Å². The number of rotatable bonds is 3. The first-order valence-corrected chi connectivity index (χ1v) is 6.84. The molecule has 0 atom stereocenters. The Morgan fingerprint density at radius 1 is 1.47 bits per heavy atom. The van der Waals surface area contributed by atoms with E-state index >= 15 is 0 Å². The van der Waals surface area contributed by atoms with Crippen molar-refractivity contribution in [1.82, 2.24) is 5.32 Å². The van der Waals surface area contributed by atoms with Gasteiger partial charge < -0.3 is 5.32 Å². The highest BCUT2D eigenvalue weighted by molar-refractivity contribution is 9.10. The molecule has 17 heavy (non-hydrogen) atoms. The molecule has 1 aromatic rings. The second kappa shape index (κ2) is 4.81. The molecule has 1 saturated carbocycles. The van der Waals surface area contributed by atoms with Crippen molar-refractivity contribution in [3.63, 3.8) is 0 Å². The summed E-state index contributed by atoms with van der Waals surface area (Å²) in [6.07, 6.45) is 3.75. The molecular formula is C14H18BrNO. The standard InChI is InChI=1S/C14H18BrNO/c1-10-11(5-3-6-12(10)15)13(17)16-9-14(2)7-4-8-14/h3,5-6H,4,7-9H2,1-2H3,(H,16,17). The Labute approximate surface area is 111 Å². The minimum atomic E-state index is 0.0388. The van der Waals surface area contributed by atoms with Gasteiger partial charge in [0, 0.05) is 16.6 Å². The molecule has 0 radical (unpaired) electrons.